The lowest BCUT2D eigenvalue weighted by atomic mass is 10.1. The van der Waals surface area contributed by atoms with E-state index in [0.29, 0.717) is 11.4 Å². The minimum atomic E-state index is -0.648. The highest BCUT2D eigenvalue weighted by molar-refractivity contribution is 6.30. The third-order valence-corrected chi connectivity index (χ3v) is 3.17. The molecule has 104 valence electrons. The number of amides is 1. The van der Waals surface area contributed by atoms with Crippen LogP contribution in [0.1, 0.15) is 27.3 Å². The molecule has 0 saturated carbocycles. The van der Waals surface area contributed by atoms with E-state index in [1.165, 1.54) is 12.1 Å². The van der Waals surface area contributed by atoms with Gasteiger partial charge in [-0.05, 0) is 50.6 Å². The number of carbonyl (C=O) groups excluding carboxylic acids is 1. The number of nitrogens with zero attached hydrogens (tertiary/aromatic N) is 1. The Kier molecular flexibility index (Phi) is 4.04. The predicted octanol–water partition coefficient (Wildman–Crippen LogP) is 4.05. The SMILES string of the molecule is Cc1cc(C)c(NC(=O)c2ccc(Cl)cc2F)c(C)n1. The maximum absolute atomic E-state index is 13.7. The number of hydrogen-bond donors (Lipinski definition) is 1. The van der Waals surface area contributed by atoms with Crippen molar-refractivity contribution in [2.24, 2.45) is 0 Å². The largest absolute Gasteiger partial charge is 0.320 e. The lowest BCUT2D eigenvalue weighted by Gasteiger charge is -2.12. The quantitative estimate of drug-likeness (QED) is 0.907. The highest BCUT2D eigenvalue weighted by Crippen LogP contribution is 2.21. The Hall–Kier alpha value is -1.94. The number of pyridine rings is 1. The molecule has 1 amide bonds. The second kappa shape index (κ2) is 5.59. The Morgan fingerprint density at radius 1 is 1.25 bits per heavy atom. The molecule has 1 aromatic heterocycles. The highest BCUT2D eigenvalue weighted by Gasteiger charge is 2.15. The highest BCUT2D eigenvalue weighted by atomic mass is 35.5. The Labute approximate surface area is 121 Å². The predicted molar refractivity (Wildman–Crippen MR) is 77.8 cm³/mol. The van der Waals surface area contributed by atoms with E-state index in [2.05, 4.69) is 10.3 Å². The summed E-state index contributed by atoms with van der Waals surface area (Å²) in [6.45, 7) is 5.55. The van der Waals surface area contributed by atoms with Crippen molar-refractivity contribution in [1.29, 1.82) is 0 Å². The summed E-state index contributed by atoms with van der Waals surface area (Å²) in [5, 5.41) is 2.95. The fraction of sp³-hybridized carbons (Fsp3) is 0.200. The summed E-state index contributed by atoms with van der Waals surface area (Å²) in [5.41, 5.74) is 3.02. The van der Waals surface area contributed by atoms with E-state index in [0.717, 1.165) is 17.3 Å². The summed E-state index contributed by atoms with van der Waals surface area (Å²) in [6, 6.07) is 5.82. The van der Waals surface area contributed by atoms with Gasteiger partial charge in [-0.2, -0.15) is 0 Å². The van der Waals surface area contributed by atoms with Crippen molar-refractivity contribution >= 4 is 23.2 Å². The van der Waals surface area contributed by atoms with Crippen LogP contribution in [0.3, 0.4) is 0 Å². The minimum absolute atomic E-state index is 0.0474. The number of aryl methyl sites for hydroxylation is 3. The maximum atomic E-state index is 13.7. The van der Waals surface area contributed by atoms with Crippen LogP contribution in [-0.2, 0) is 0 Å². The Morgan fingerprint density at radius 2 is 1.95 bits per heavy atom. The molecule has 0 spiro atoms. The van der Waals surface area contributed by atoms with Crippen molar-refractivity contribution in [1.82, 2.24) is 4.98 Å². The van der Waals surface area contributed by atoms with Crippen molar-refractivity contribution in [3.63, 3.8) is 0 Å². The maximum Gasteiger partial charge on any atom is 0.258 e. The molecule has 0 bridgehead atoms. The minimum Gasteiger partial charge on any atom is -0.320 e. The number of halogens is 2. The van der Waals surface area contributed by atoms with Gasteiger partial charge in [-0.3, -0.25) is 9.78 Å². The van der Waals surface area contributed by atoms with Gasteiger partial charge in [0.25, 0.3) is 5.91 Å². The molecule has 0 aliphatic rings. The van der Waals surface area contributed by atoms with Gasteiger partial charge in [0.1, 0.15) is 5.82 Å². The van der Waals surface area contributed by atoms with E-state index in [1.807, 2.05) is 19.9 Å². The van der Waals surface area contributed by atoms with Crippen LogP contribution in [-0.4, -0.2) is 10.9 Å². The molecule has 20 heavy (non-hydrogen) atoms. The molecule has 1 aromatic carbocycles. The molecule has 1 heterocycles. The molecule has 0 atom stereocenters. The summed E-state index contributed by atoms with van der Waals surface area (Å²) in [6.07, 6.45) is 0. The van der Waals surface area contributed by atoms with E-state index >= 15 is 0 Å². The average molecular weight is 293 g/mol. The first-order valence-electron chi connectivity index (χ1n) is 6.09. The summed E-state index contributed by atoms with van der Waals surface area (Å²) < 4.78 is 13.7. The topological polar surface area (TPSA) is 42.0 Å². The molecular weight excluding hydrogens is 279 g/mol. The number of nitrogens with one attached hydrogen (secondary N) is 1. The first kappa shape index (κ1) is 14.5. The summed E-state index contributed by atoms with van der Waals surface area (Å²) in [7, 11) is 0. The number of hydrogen-bond acceptors (Lipinski definition) is 2. The summed E-state index contributed by atoms with van der Waals surface area (Å²) >= 11 is 5.67. The van der Waals surface area contributed by atoms with Crippen LogP contribution in [0.4, 0.5) is 10.1 Å². The zero-order valence-electron chi connectivity index (χ0n) is 11.4. The van der Waals surface area contributed by atoms with Gasteiger partial charge < -0.3 is 5.32 Å². The van der Waals surface area contributed by atoms with E-state index in [4.69, 9.17) is 11.6 Å². The van der Waals surface area contributed by atoms with Crippen LogP contribution in [0.25, 0.3) is 0 Å². The van der Waals surface area contributed by atoms with Gasteiger partial charge in [-0.15, -0.1) is 0 Å². The van der Waals surface area contributed by atoms with Crippen LogP contribution in [0.2, 0.25) is 5.02 Å². The monoisotopic (exact) mass is 292 g/mol. The second-order valence-electron chi connectivity index (χ2n) is 4.62. The normalized spacial score (nSPS) is 10.4. The zero-order chi connectivity index (χ0) is 14.9. The third-order valence-electron chi connectivity index (χ3n) is 2.94. The number of aromatic nitrogens is 1. The molecule has 0 aliphatic carbocycles. The number of rotatable bonds is 2. The molecule has 0 unspecified atom stereocenters. The molecule has 0 fully saturated rings. The average Bonchev–Trinajstić information content (AvgIpc) is 2.33. The standard InChI is InChI=1S/C15H14ClFN2O/c1-8-6-9(2)18-10(3)14(8)19-15(20)12-5-4-11(16)7-13(12)17/h4-7H,1-3H3,(H,19,20). The van der Waals surface area contributed by atoms with Crippen molar-refractivity contribution in [3.05, 3.63) is 57.6 Å². The van der Waals surface area contributed by atoms with Crippen LogP contribution in [0.5, 0.6) is 0 Å². The Morgan fingerprint density at radius 3 is 2.55 bits per heavy atom. The van der Waals surface area contributed by atoms with E-state index in [9.17, 15) is 9.18 Å². The van der Waals surface area contributed by atoms with Gasteiger partial charge >= 0.3 is 0 Å². The second-order valence-corrected chi connectivity index (χ2v) is 5.06. The van der Waals surface area contributed by atoms with E-state index in [1.54, 1.807) is 6.92 Å². The summed E-state index contributed by atoms with van der Waals surface area (Å²) in [4.78, 5) is 16.4. The first-order valence-corrected chi connectivity index (χ1v) is 6.47. The van der Waals surface area contributed by atoms with Crippen LogP contribution in [0.15, 0.2) is 24.3 Å². The van der Waals surface area contributed by atoms with Crippen LogP contribution < -0.4 is 5.32 Å². The van der Waals surface area contributed by atoms with Gasteiger partial charge in [-0.25, -0.2) is 4.39 Å². The fourth-order valence-corrected chi connectivity index (χ4v) is 2.23. The summed E-state index contributed by atoms with van der Waals surface area (Å²) in [5.74, 6) is -1.17. The van der Waals surface area contributed by atoms with Gasteiger partial charge in [0.15, 0.2) is 0 Å². The molecular formula is C15H14ClFN2O. The van der Waals surface area contributed by atoms with E-state index < -0.39 is 11.7 Å². The van der Waals surface area contributed by atoms with Crippen LogP contribution in [0, 0.1) is 26.6 Å². The Balaban J connectivity index is 2.33. The lowest BCUT2D eigenvalue weighted by molar-refractivity contribution is 0.102. The molecule has 2 aromatic rings. The molecule has 3 nitrogen and oxygen atoms in total. The van der Waals surface area contributed by atoms with Crippen LogP contribution >= 0.6 is 11.6 Å². The Bertz CT molecular complexity index is 663. The fourth-order valence-electron chi connectivity index (χ4n) is 2.07. The van der Waals surface area contributed by atoms with Crippen molar-refractivity contribution < 1.29 is 9.18 Å². The molecule has 2 rings (SSSR count). The van der Waals surface area contributed by atoms with Crippen molar-refractivity contribution in [3.8, 4) is 0 Å². The van der Waals surface area contributed by atoms with Gasteiger partial charge in [0.2, 0.25) is 0 Å². The number of carbonyl (C=O) groups is 1. The zero-order valence-corrected chi connectivity index (χ0v) is 12.2. The molecule has 1 N–H and O–H groups in total. The smallest absolute Gasteiger partial charge is 0.258 e. The van der Waals surface area contributed by atoms with Gasteiger partial charge in [-0.1, -0.05) is 11.6 Å². The van der Waals surface area contributed by atoms with Crippen molar-refractivity contribution in [2.75, 3.05) is 5.32 Å². The lowest BCUT2D eigenvalue weighted by Crippen LogP contribution is -2.16. The molecule has 0 radical (unpaired) electrons. The molecule has 5 heteroatoms. The molecule has 0 saturated heterocycles. The third kappa shape index (κ3) is 2.96. The van der Waals surface area contributed by atoms with Gasteiger partial charge in [0.05, 0.1) is 16.9 Å². The molecule has 0 aliphatic heterocycles. The number of anilines is 1. The number of benzene rings is 1. The van der Waals surface area contributed by atoms with Gasteiger partial charge in [0, 0.05) is 10.7 Å². The first-order chi connectivity index (χ1) is 9.38. The van der Waals surface area contributed by atoms with E-state index in [-0.39, 0.29) is 10.6 Å². The van der Waals surface area contributed by atoms with Crippen molar-refractivity contribution in [2.45, 2.75) is 20.8 Å².